The first-order valence-electron chi connectivity index (χ1n) is 5.52. The number of hydrogen-bond donors (Lipinski definition) is 1. The Kier molecular flexibility index (Phi) is 6.33. The number of halogens is 1. The van der Waals surface area contributed by atoms with Crippen LogP contribution in [0.2, 0.25) is 0 Å². The molecule has 1 rings (SSSR count). The number of aromatic nitrogens is 2. The molecule has 0 aliphatic heterocycles. The van der Waals surface area contributed by atoms with E-state index >= 15 is 0 Å². The van der Waals surface area contributed by atoms with Gasteiger partial charge in [-0.25, -0.2) is 9.97 Å². The highest BCUT2D eigenvalue weighted by Crippen LogP contribution is 2.13. The van der Waals surface area contributed by atoms with Gasteiger partial charge in [-0.2, -0.15) is 0 Å². The molecule has 0 aliphatic rings. The molecule has 0 saturated carbocycles. The standard InChI is InChI=1S/C11H18BrN3O/c1-3-5-10-14-9(12)8-11(15-10)13-6-4-7-16-2/h8H,3-7H2,1-2H3,(H,13,14,15). The fourth-order valence-corrected chi connectivity index (χ4v) is 1.75. The van der Waals surface area contributed by atoms with E-state index in [2.05, 4.69) is 38.1 Å². The lowest BCUT2D eigenvalue weighted by Crippen LogP contribution is -2.08. The molecule has 1 aromatic heterocycles. The van der Waals surface area contributed by atoms with Crippen molar-refractivity contribution in [2.45, 2.75) is 26.2 Å². The van der Waals surface area contributed by atoms with E-state index in [1.54, 1.807) is 7.11 Å². The Hall–Kier alpha value is -0.680. The molecule has 0 fully saturated rings. The lowest BCUT2D eigenvalue weighted by atomic mass is 10.3. The average Bonchev–Trinajstić information content (AvgIpc) is 2.24. The molecule has 1 N–H and O–H groups in total. The van der Waals surface area contributed by atoms with Gasteiger partial charge in [-0.3, -0.25) is 0 Å². The van der Waals surface area contributed by atoms with Crippen molar-refractivity contribution in [1.29, 1.82) is 0 Å². The molecule has 1 heterocycles. The van der Waals surface area contributed by atoms with Gasteiger partial charge >= 0.3 is 0 Å². The maximum absolute atomic E-state index is 4.98. The molecule has 0 aromatic carbocycles. The van der Waals surface area contributed by atoms with Gasteiger partial charge < -0.3 is 10.1 Å². The van der Waals surface area contributed by atoms with Crippen LogP contribution in [0.15, 0.2) is 10.7 Å². The summed E-state index contributed by atoms with van der Waals surface area (Å²) < 4.78 is 5.82. The lowest BCUT2D eigenvalue weighted by molar-refractivity contribution is 0.197. The minimum atomic E-state index is 0.765. The molecule has 0 saturated heterocycles. The Morgan fingerprint density at radius 3 is 2.94 bits per heavy atom. The normalized spacial score (nSPS) is 10.4. The minimum absolute atomic E-state index is 0.765. The first-order valence-corrected chi connectivity index (χ1v) is 6.31. The van der Waals surface area contributed by atoms with Gasteiger partial charge in [0, 0.05) is 32.7 Å². The molecule has 16 heavy (non-hydrogen) atoms. The van der Waals surface area contributed by atoms with Crippen molar-refractivity contribution in [3.63, 3.8) is 0 Å². The molecule has 90 valence electrons. The molecular weight excluding hydrogens is 270 g/mol. The topological polar surface area (TPSA) is 47.0 Å². The molecule has 0 spiro atoms. The second kappa shape index (κ2) is 7.57. The Balaban J connectivity index is 2.51. The second-order valence-corrected chi connectivity index (χ2v) is 4.33. The highest BCUT2D eigenvalue weighted by molar-refractivity contribution is 9.10. The largest absolute Gasteiger partial charge is 0.385 e. The van der Waals surface area contributed by atoms with Crippen molar-refractivity contribution in [2.24, 2.45) is 0 Å². The van der Waals surface area contributed by atoms with E-state index in [0.29, 0.717) is 0 Å². The molecule has 0 unspecified atom stereocenters. The molecule has 0 bridgehead atoms. The van der Waals surface area contributed by atoms with Crippen molar-refractivity contribution >= 4 is 21.7 Å². The summed E-state index contributed by atoms with van der Waals surface area (Å²) in [5.41, 5.74) is 0. The third-order valence-electron chi connectivity index (χ3n) is 2.05. The summed E-state index contributed by atoms with van der Waals surface area (Å²) in [6.45, 7) is 3.75. The summed E-state index contributed by atoms with van der Waals surface area (Å²) in [6, 6.07) is 1.89. The van der Waals surface area contributed by atoms with Gasteiger partial charge in [0.05, 0.1) is 0 Å². The second-order valence-electron chi connectivity index (χ2n) is 3.52. The SMILES string of the molecule is CCCc1nc(Br)cc(NCCCOC)n1. The monoisotopic (exact) mass is 287 g/mol. The van der Waals surface area contributed by atoms with Crippen LogP contribution in [0.25, 0.3) is 0 Å². The van der Waals surface area contributed by atoms with Crippen LogP contribution in [0.5, 0.6) is 0 Å². The van der Waals surface area contributed by atoms with Crippen LogP contribution in [0.3, 0.4) is 0 Å². The highest BCUT2D eigenvalue weighted by atomic mass is 79.9. The Bertz CT molecular complexity index is 320. The maximum atomic E-state index is 4.98. The zero-order valence-corrected chi connectivity index (χ0v) is 11.4. The van der Waals surface area contributed by atoms with Crippen LogP contribution in [-0.2, 0) is 11.2 Å². The molecule has 1 aromatic rings. The molecule has 4 nitrogen and oxygen atoms in total. The van der Waals surface area contributed by atoms with E-state index in [0.717, 1.165) is 48.7 Å². The number of anilines is 1. The van der Waals surface area contributed by atoms with Crippen LogP contribution in [0.1, 0.15) is 25.6 Å². The van der Waals surface area contributed by atoms with Gasteiger partial charge in [0.15, 0.2) is 0 Å². The summed E-state index contributed by atoms with van der Waals surface area (Å²) >= 11 is 3.39. The predicted octanol–water partition coefficient (Wildman–Crippen LogP) is 2.64. The Morgan fingerprint density at radius 2 is 2.25 bits per heavy atom. The molecule has 0 atom stereocenters. The maximum Gasteiger partial charge on any atom is 0.132 e. The van der Waals surface area contributed by atoms with Crippen LogP contribution >= 0.6 is 15.9 Å². The zero-order chi connectivity index (χ0) is 11.8. The van der Waals surface area contributed by atoms with Crippen LogP contribution in [0.4, 0.5) is 5.82 Å². The number of hydrogen-bond acceptors (Lipinski definition) is 4. The fraction of sp³-hybridized carbons (Fsp3) is 0.636. The lowest BCUT2D eigenvalue weighted by Gasteiger charge is -2.07. The van der Waals surface area contributed by atoms with E-state index < -0.39 is 0 Å². The molecule has 0 radical (unpaired) electrons. The van der Waals surface area contributed by atoms with E-state index in [-0.39, 0.29) is 0 Å². The van der Waals surface area contributed by atoms with E-state index in [9.17, 15) is 0 Å². The summed E-state index contributed by atoms with van der Waals surface area (Å²) in [6.07, 6.45) is 2.94. The smallest absolute Gasteiger partial charge is 0.132 e. The number of nitrogens with one attached hydrogen (secondary N) is 1. The van der Waals surface area contributed by atoms with Gasteiger partial charge in [0.1, 0.15) is 16.2 Å². The minimum Gasteiger partial charge on any atom is -0.385 e. The first-order chi connectivity index (χ1) is 7.76. The van der Waals surface area contributed by atoms with Crippen molar-refractivity contribution in [2.75, 3.05) is 25.6 Å². The van der Waals surface area contributed by atoms with E-state index in [1.807, 2.05) is 6.07 Å². The quantitative estimate of drug-likeness (QED) is 0.619. The first kappa shape index (κ1) is 13.4. The fourth-order valence-electron chi connectivity index (χ4n) is 1.32. The van der Waals surface area contributed by atoms with Gasteiger partial charge in [-0.15, -0.1) is 0 Å². The Morgan fingerprint density at radius 1 is 1.44 bits per heavy atom. The van der Waals surface area contributed by atoms with E-state index in [4.69, 9.17) is 4.74 Å². The number of methoxy groups -OCH3 is 1. The van der Waals surface area contributed by atoms with Crippen LogP contribution in [-0.4, -0.2) is 30.2 Å². The van der Waals surface area contributed by atoms with Crippen molar-refractivity contribution in [3.8, 4) is 0 Å². The van der Waals surface area contributed by atoms with E-state index in [1.165, 1.54) is 0 Å². The number of nitrogens with zero attached hydrogens (tertiary/aromatic N) is 2. The number of rotatable bonds is 7. The highest BCUT2D eigenvalue weighted by Gasteiger charge is 2.01. The average molecular weight is 288 g/mol. The molecule has 5 heteroatoms. The summed E-state index contributed by atoms with van der Waals surface area (Å²) in [4.78, 5) is 8.74. The summed E-state index contributed by atoms with van der Waals surface area (Å²) in [7, 11) is 1.71. The molecule has 0 amide bonds. The van der Waals surface area contributed by atoms with Crippen molar-refractivity contribution in [1.82, 2.24) is 9.97 Å². The van der Waals surface area contributed by atoms with Crippen LogP contribution < -0.4 is 5.32 Å². The Labute approximate surface area is 105 Å². The summed E-state index contributed by atoms with van der Waals surface area (Å²) in [5.74, 6) is 1.76. The third kappa shape index (κ3) is 4.90. The van der Waals surface area contributed by atoms with Gasteiger partial charge in [-0.05, 0) is 28.8 Å². The predicted molar refractivity (Wildman–Crippen MR) is 68.7 cm³/mol. The van der Waals surface area contributed by atoms with Gasteiger partial charge in [0.2, 0.25) is 0 Å². The van der Waals surface area contributed by atoms with Crippen molar-refractivity contribution in [3.05, 3.63) is 16.5 Å². The third-order valence-corrected chi connectivity index (χ3v) is 2.45. The summed E-state index contributed by atoms with van der Waals surface area (Å²) in [5, 5.41) is 3.26. The van der Waals surface area contributed by atoms with Gasteiger partial charge in [-0.1, -0.05) is 6.92 Å². The van der Waals surface area contributed by atoms with Crippen LogP contribution in [0, 0.1) is 0 Å². The zero-order valence-electron chi connectivity index (χ0n) is 9.79. The number of ether oxygens (including phenoxy) is 1. The van der Waals surface area contributed by atoms with Crippen molar-refractivity contribution < 1.29 is 4.74 Å². The van der Waals surface area contributed by atoms with Gasteiger partial charge in [0.25, 0.3) is 0 Å². The molecular formula is C11H18BrN3O. The number of aryl methyl sites for hydroxylation is 1. The molecule has 0 aliphatic carbocycles.